The summed E-state index contributed by atoms with van der Waals surface area (Å²) < 4.78 is 0. The Morgan fingerprint density at radius 1 is 1.00 bits per heavy atom. The van der Waals surface area contributed by atoms with Crippen molar-refractivity contribution in [2.75, 3.05) is 11.1 Å². The van der Waals surface area contributed by atoms with Gasteiger partial charge in [-0.3, -0.25) is 9.59 Å². The van der Waals surface area contributed by atoms with Crippen LogP contribution >= 0.6 is 23.4 Å². The molecule has 0 aliphatic carbocycles. The summed E-state index contributed by atoms with van der Waals surface area (Å²) >= 11 is 7.31. The summed E-state index contributed by atoms with van der Waals surface area (Å²) in [6, 6.07) is 15.6. The molecule has 0 saturated heterocycles. The number of anilines is 1. The fourth-order valence-electron chi connectivity index (χ4n) is 2.63. The van der Waals surface area contributed by atoms with Gasteiger partial charge in [0.05, 0.1) is 11.4 Å². The zero-order chi connectivity index (χ0) is 20.1. The molecule has 3 rings (SSSR count). The van der Waals surface area contributed by atoms with Crippen molar-refractivity contribution in [2.45, 2.75) is 19.0 Å². The third-order valence-electron chi connectivity index (χ3n) is 3.83. The highest BCUT2D eigenvalue weighted by atomic mass is 35.5. The lowest BCUT2D eigenvalue weighted by Gasteiger charge is -2.11. The second kappa shape index (κ2) is 8.99. The molecule has 0 bridgehead atoms. The van der Waals surface area contributed by atoms with Crippen LogP contribution in [0.3, 0.4) is 0 Å². The fourth-order valence-corrected chi connectivity index (χ4v) is 3.55. The summed E-state index contributed by atoms with van der Waals surface area (Å²) in [5.74, 6) is -0.328. The van der Waals surface area contributed by atoms with Gasteiger partial charge < -0.3 is 5.32 Å². The van der Waals surface area contributed by atoms with Crippen molar-refractivity contribution in [3.63, 3.8) is 0 Å². The van der Waals surface area contributed by atoms with Crippen molar-refractivity contribution in [3.05, 3.63) is 82.1 Å². The first-order valence-corrected chi connectivity index (χ1v) is 9.93. The number of carbonyl (C=O) groups is 2. The molecule has 1 aromatic heterocycles. The molecule has 1 N–H and O–H groups in total. The number of thioether (sulfide) groups is 1. The molecule has 0 atom stereocenters. The molecule has 1 heterocycles. The van der Waals surface area contributed by atoms with Crippen molar-refractivity contribution in [1.82, 2.24) is 9.97 Å². The van der Waals surface area contributed by atoms with E-state index in [-0.39, 0.29) is 17.4 Å². The van der Waals surface area contributed by atoms with Gasteiger partial charge in [0.2, 0.25) is 5.91 Å². The van der Waals surface area contributed by atoms with Crippen LogP contribution in [0, 0.1) is 13.8 Å². The molecule has 142 valence electrons. The van der Waals surface area contributed by atoms with E-state index in [4.69, 9.17) is 11.6 Å². The van der Waals surface area contributed by atoms with E-state index in [2.05, 4.69) is 15.3 Å². The number of carbonyl (C=O) groups excluding carboxylic acids is 2. The summed E-state index contributed by atoms with van der Waals surface area (Å²) in [6.07, 6.45) is 0. The van der Waals surface area contributed by atoms with Gasteiger partial charge in [0.25, 0.3) is 0 Å². The monoisotopic (exact) mass is 411 g/mol. The van der Waals surface area contributed by atoms with Crippen molar-refractivity contribution in [1.29, 1.82) is 0 Å². The topological polar surface area (TPSA) is 72.0 Å². The van der Waals surface area contributed by atoms with Gasteiger partial charge in [0.15, 0.2) is 10.9 Å². The number of aromatic nitrogens is 2. The van der Waals surface area contributed by atoms with Gasteiger partial charge in [-0.05, 0) is 38.1 Å². The maximum Gasteiger partial charge on any atom is 0.234 e. The number of hydrogen-bond acceptors (Lipinski definition) is 5. The molecule has 1 amide bonds. The molecule has 0 unspecified atom stereocenters. The molecule has 0 aliphatic heterocycles. The van der Waals surface area contributed by atoms with E-state index in [1.165, 1.54) is 11.8 Å². The van der Waals surface area contributed by atoms with E-state index in [9.17, 15) is 9.59 Å². The predicted molar refractivity (Wildman–Crippen MR) is 112 cm³/mol. The van der Waals surface area contributed by atoms with E-state index in [0.29, 0.717) is 27.0 Å². The zero-order valence-electron chi connectivity index (χ0n) is 15.4. The number of hydrogen-bond donors (Lipinski definition) is 1. The second-order valence-corrected chi connectivity index (χ2v) is 7.53. The van der Waals surface area contributed by atoms with Crippen LogP contribution in [-0.2, 0) is 4.79 Å². The SMILES string of the molecule is Cc1cc(C)nc(SCC(=O)Nc2ccc(Cl)cc2C(=O)c2ccccc2)n1. The van der Waals surface area contributed by atoms with Gasteiger partial charge in [-0.25, -0.2) is 9.97 Å². The number of rotatable bonds is 6. The fraction of sp³-hybridized carbons (Fsp3) is 0.143. The van der Waals surface area contributed by atoms with E-state index in [1.807, 2.05) is 26.0 Å². The number of aryl methyl sites for hydroxylation is 2. The second-order valence-electron chi connectivity index (χ2n) is 6.16. The third kappa shape index (κ3) is 5.18. The molecule has 2 aromatic carbocycles. The number of amides is 1. The van der Waals surface area contributed by atoms with Gasteiger partial charge in [0.1, 0.15) is 0 Å². The van der Waals surface area contributed by atoms with Crippen LogP contribution in [0.1, 0.15) is 27.3 Å². The number of benzene rings is 2. The largest absolute Gasteiger partial charge is 0.325 e. The summed E-state index contributed by atoms with van der Waals surface area (Å²) in [5.41, 5.74) is 3.00. The minimum Gasteiger partial charge on any atom is -0.325 e. The van der Waals surface area contributed by atoms with Crippen LogP contribution < -0.4 is 5.32 Å². The van der Waals surface area contributed by atoms with Crippen molar-refractivity contribution in [2.24, 2.45) is 0 Å². The molecule has 0 spiro atoms. The standard InChI is InChI=1S/C21H18ClN3O2S/c1-13-10-14(2)24-21(23-13)28-12-19(26)25-18-9-8-16(22)11-17(18)20(27)15-6-4-3-5-7-15/h3-11H,12H2,1-2H3,(H,25,26). The van der Waals surface area contributed by atoms with Crippen LogP contribution in [0.5, 0.6) is 0 Å². The number of nitrogens with one attached hydrogen (secondary N) is 1. The minimum atomic E-state index is -0.253. The Hall–Kier alpha value is -2.70. The first-order chi connectivity index (χ1) is 13.4. The molecule has 0 aliphatic rings. The van der Waals surface area contributed by atoms with Crippen molar-refractivity contribution in [3.8, 4) is 0 Å². The van der Waals surface area contributed by atoms with Crippen LogP contribution in [0.25, 0.3) is 0 Å². The Morgan fingerprint density at radius 3 is 2.36 bits per heavy atom. The van der Waals surface area contributed by atoms with Gasteiger partial charge >= 0.3 is 0 Å². The molecular weight excluding hydrogens is 394 g/mol. The Morgan fingerprint density at radius 2 is 1.68 bits per heavy atom. The first-order valence-electron chi connectivity index (χ1n) is 8.56. The Bertz CT molecular complexity index is 1010. The number of ketones is 1. The molecule has 0 saturated carbocycles. The lowest BCUT2D eigenvalue weighted by atomic mass is 10.0. The molecule has 5 nitrogen and oxygen atoms in total. The zero-order valence-corrected chi connectivity index (χ0v) is 17.0. The molecule has 28 heavy (non-hydrogen) atoms. The normalized spacial score (nSPS) is 10.5. The number of halogens is 1. The third-order valence-corrected chi connectivity index (χ3v) is 4.91. The van der Waals surface area contributed by atoms with E-state index < -0.39 is 0 Å². The highest BCUT2D eigenvalue weighted by Crippen LogP contribution is 2.24. The van der Waals surface area contributed by atoms with Crippen molar-refractivity contribution < 1.29 is 9.59 Å². The maximum absolute atomic E-state index is 12.8. The van der Waals surface area contributed by atoms with Crippen LogP contribution in [0.4, 0.5) is 5.69 Å². The van der Waals surface area contributed by atoms with E-state index in [1.54, 1.807) is 42.5 Å². The highest BCUT2D eigenvalue weighted by molar-refractivity contribution is 7.99. The lowest BCUT2D eigenvalue weighted by molar-refractivity contribution is -0.113. The van der Waals surface area contributed by atoms with Gasteiger partial charge in [-0.1, -0.05) is 53.7 Å². The van der Waals surface area contributed by atoms with Crippen molar-refractivity contribution >= 4 is 40.7 Å². The highest BCUT2D eigenvalue weighted by Gasteiger charge is 2.16. The summed E-state index contributed by atoms with van der Waals surface area (Å²) in [7, 11) is 0. The maximum atomic E-state index is 12.8. The van der Waals surface area contributed by atoms with Gasteiger partial charge in [-0.2, -0.15) is 0 Å². The van der Waals surface area contributed by atoms with Crippen LogP contribution in [0.2, 0.25) is 5.02 Å². The molecular formula is C21H18ClN3O2S. The average molecular weight is 412 g/mol. The van der Waals surface area contributed by atoms with Gasteiger partial charge in [-0.15, -0.1) is 0 Å². The first kappa shape index (κ1) is 20.0. The van der Waals surface area contributed by atoms with E-state index >= 15 is 0 Å². The summed E-state index contributed by atoms with van der Waals surface area (Å²) in [5, 5.41) is 3.76. The Kier molecular flexibility index (Phi) is 6.44. The quantitative estimate of drug-likeness (QED) is 0.361. The van der Waals surface area contributed by atoms with Crippen LogP contribution in [0.15, 0.2) is 59.8 Å². The molecule has 3 aromatic rings. The minimum absolute atomic E-state index is 0.129. The Balaban J connectivity index is 1.75. The van der Waals surface area contributed by atoms with E-state index in [0.717, 1.165) is 11.4 Å². The Labute approximate surface area is 172 Å². The summed E-state index contributed by atoms with van der Waals surface area (Å²) in [6.45, 7) is 3.77. The average Bonchev–Trinajstić information content (AvgIpc) is 2.67. The van der Waals surface area contributed by atoms with Crippen LogP contribution in [-0.4, -0.2) is 27.4 Å². The lowest BCUT2D eigenvalue weighted by Crippen LogP contribution is -2.17. The smallest absolute Gasteiger partial charge is 0.234 e. The predicted octanol–water partition coefficient (Wildman–Crippen LogP) is 4.71. The summed E-state index contributed by atoms with van der Waals surface area (Å²) in [4.78, 5) is 33.9. The number of nitrogens with zero attached hydrogens (tertiary/aromatic N) is 2. The molecule has 0 radical (unpaired) electrons. The molecule has 0 fully saturated rings. The molecule has 7 heteroatoms. The van der Waals surface area contributed by atoms with Gasteiger partial charge in [0, 0.05) is 27.5 Å².